The first kappa shape index (κ1) is 28.4. The van der Waals surface area contributed by atoms with Gasteiger partial charge < -0.3 is 25.8 Å². The summed E-state index contributed by atoms with van der Waals surface area (Å²) in [4.78, 5) is 38.9. The maximum absolute atomic E-state index is 13.4. The molecule has 0 aromatic heterocycles. The Morgan fingerprint density at radius 3 is 2.00 bits per heavy atom. The number of amides is 2. The number of para-hydroxylation sites is 1. The molecule has 3 rings (SSSR count). The van der Waals surface area contributed by atoms with Crippen LogP contribution in [0.4, 0.5) is 4.79 Å². The number of benzene rings is 3. The Morgan fingerprint density at radius 1 is 0.868 bits per heavy atom. The summed E-state index contributed by atoms with van der Waals surface area (Å²) >= 11 is 0. The van der Waals surface area contributed by atoms with Crippen molar-refractivity contribution in [2.24, 2.45) is 11.5 Å². The lowest BCUT2D eigenvalue weighted by Crippen LogP contribution is -2.53. The van der Waals surface area contributed by atoms with E-state index in [1.165, 1.54) is 4.90 Å². The van der Waals surface area contributed by atoms with Crippen molar-refractivity contribution in [3.63, 3.8) is 0 Å². The molecule has 2 atom stereocenters. The van der Waals surface area contributed by atoms with Crippen LogP contribution in [0, 0.1) is 13.8 Å². The average molecular weight is 518 g/mol. The third kappa shape index (κ3) is 7.91. The first-order chi connectivity index (χ1) is 18.2. The van der Waals surface area contributed by atoms with Crippen LogP contribution in [-0.4, -0.2) is 41.5 Å². The highest BCUT2D eigenvalue weighted by Gasteiger charge is 2.28. The van der Waals surface area contributed by atoms with Gasteiger partial charge in [0.15, 0.2) is 0 Å². The van der Waals surface area contributed by atoms with E-state index in [9.17, 15) is 14.4 Å². The molecule has 0 bridgehead atoms. The third-order valence-corrected chi connectivity index (χ3v) is 6.43. The van der Waals surface area contributed by atoms with Gasteiger partial charge in [-0.2, -0.15) is 0 Å². The molecule has 2 amide bonds. The highest BCUT2D eigenvalue weighted by molar-refractivity contribution is 5.89. The van der Waals surface area contributed by atoms with Crippen molar-refractivity contribution in [1.29, 1.82) is 0 Å². The number of nitrogens with zero attached hydrogens (tertiary/aromatic N) is 1. The lowest BCUT2D eigenvalue weighted by molar-refractivity contribution is -0.139. The molecule has 0 fully saturated rings. The van der Waals surface area contributed by atoms with Crippen LogP contribution in [0.5, 0.6) is 11.5 Å². The Morgan fingerprint density at radius 2 is 1.42 bits per heavy atom. The van der Waals surface area contributed by atoms with Crippen LogP contribution >= 0.6 is 0 Å². The van der Waals surface area contributed by atoms with E-state index >= 15 is 0 Å². The molecule has 3 aromatic carbocycles. The Bertz CT molecular complexity index is 1220. The van der Waals surface area contributed by atoms with Crippen molar-refractivity contribution in [3.8, 4) is 11.5 Å². The van der Waals surface area contributed by atoms with Crippen LogP contribution in [0.2, 0.25) is 0 Å². The molecule has 0 radical (unpaired) electrons. The summed E-state index contributed by atoms with van der Waals surface area (Å²) in [6.45, 7) is 5.70. The molecule has 8 heteroatoms. The summed E-state index contributed by atoms with van der Waals surface area (Å²) in [5.41, 5.74) is 15.5. The molecule has 4 N–H and O–H groups in total. The Kier molecular flexibility index (Phi) is 10.0. The number of carbonyl (C=O) groups excluding carboxylic acids is 3. The summed E-state index contributed by atoms with van der Waals surface area (Å²) in [6.07, 6.45) is 0.841. The van der Waals surface area contributed by atoms with Gasteiger partial charge in [0, 0.05) is 6.54 Å². The predicted octanol–water partition coefficient (Wildman–Crippen LogP) is 4.09. The normalized spacial score (nSPS) is 12.3. The number of primary amides is 1. The van der Waals surface area contributed by atoms with Gasteiger partial charge in [0.2, 0.25) is 11.8 Å². The van der Waals surface area contributed by atoms with Crippen molar-refractivity contribution in [2.75, 3.05) is 6.54 Å². The van der Waals surface area contributed by atoms with Gasteiger partial charge in [0.05, 0.1) is 6.04 Å². The number of aryl methyl sites for hydroxylation is 3. The number of ether oxygens (including phenoxy) is 2. The van der Waals surface area contributed by atoms with Crippen molar-refractivity contribution in [3.05, 3.63) is 95.1 Å². The van der Waals surface area contributed by atoms with E-state index in [0.29, 0.717) is 24.5 Å². The topological polar surface area (TPSA) is 125 Å². The van der Waals surface area contributed by atoms with Crippen molar-refractivity contribution in [2.45, 2.75) is 52.1 Å². The fraction of sp³-hybridized carbons (Fsp3) is 0.300. The Balaban J connectivity index is 1.66. The molecular formula is C30H35N3O5. The minimum atomic E-state index is -0.874. The van der Waals surface area contributed by atoms with Crippen molar-refractivity contribution < 1.29 is 23.9 Å². The van der Waals surface area contributed by atoms with Gasteiger partial charge in [0.1, 0.15) is 17.5 Å². The summed E-state index contributed by atoms with van der Waals surface area (Å²) in [5, 5.41) is 0. The van der Waals surface area contributed by atoms with E-state index in [2.05, 4.69) is 0 Å². The molecule has 0 unspecified atom stereocenters. The predicted molar refractivity (Wildman–Crippen MR) is 146 cm³/mol. The van der Waals surface area contributed by atoms with Gasteiger partial charge in [-0.1, -0.05) is 48.5 Å². The van der Waals surface area contributed by atoms with Crippen molar-refractivity contribution in [1.82, 2.24) is 4.90 Å². The quantitative estimate of drug-likeness (QED) is 0.292. The second-order valence-electron chi connectivity index (χ2n) is 9.31. The first-order valence-corrected chi connectivity index (χ1v) is 12.6. The maximum atomic E-state index is 13.4. The summed E-state index contributed by atoms with van der Waals surface area (Å²) in [5.74, 6) is -0.212. The van der Waals surface area contributed by atoms with E-state index in [1.54, 1.807) is 43.3 Å². The van der Waals surface area contributed by atoms with Gasteiger partial charge in [-0.25, -0.2) is 4.79 Å². The maximum Gasteiger partial charge on any atom is 0.519 e. The van der Waals surface area contributed by atoms with Gasteiger partial charge in [0.25, 0.3) is 0 Å². The number of nitrogens with two attached hydrogens (primary N) is 2. The lowest BCUT2D eigenvalue weighted by atomic mass is 9.95. The smallest absolute Gasteiger partial charge is 0.395 e. The number of hydrogen-bond donors (Lipinski definition) is 2. The number of rotatable bonds is 11. The highest BCUT2D eigenvalue weighted by atomic mass is 16.7. The number of hydrogen-bond acceptors (Lipinski definition) is 6. The standard InChI is InChI=1S/C30H35N3O5/c1-20-17-25(38-30(36)37-24-14-8-5-9-15-24)18-21(2)26(20)19-27(31)29(35)33(22(3)28(32)34)16-10-13-23-11-6-4-7-12-23/h4-9,11-12,14-15,17-18,22,27H,10,13,16,19,31H2,1-3H3,(H2,32,34)/t22-,27-/m1/s1. The zero-order valence-corrected chi connectivity index (χ0v) is 22.1. The van der Waals surface area contributed by atoms with Crippen LogP contribution < -0.4 is 20.9 Å². The monoisotopic (exact) mass is 517 g/mol. The van der Waals surface area contributed by atoms with Crippen LogP contribution in [0.1, 0.15) is 35.6 Å². The zero-order valence-electron chi connectivity index (χ0n) is 22.1. The van der Waals surface area contributed by atoms with Gasteiger partial charge in [-0.15, -0.1) is 0 Å². The first-order valence-electron chi connectivity index (χ1n) is 12.6. The minimum Gasteiger partial charge on any atom is -0.395 e. The SMILES string of the molecule is Cc1cc(OC(=O)Oc2ccccc2)cc(C)c1C[C@@H](N)C(=O)N(CCCc1ccccc1)[C@H](C)C(N)=O. The van der Waals surface area contributed by atoms with Gasteiger partial charge in [-0.05, 0) is 86.6 Å². The molecule has 8 nitrogen and oxygen atoms in total. The summed E-state index contributed by atoms with van der Waals surface area (Å²) in [7, 11) is 0. The van der Waals surface area contributed by atoms with E-state index in [4.69, 9.17) is 20.9 Å². The van der Waals surface area contributed by atoms with Gasteiger partial charge in [-0.3, -0.25) is 9.59 Å². The summed E-state index contributed by atoms with van der Waals surface area (Å²) in [6, 6.07) is 20.3. The second-order valence-corrected chi connectivity index (χ2v) is 9.31. The lowest BCUT2D eigenvalue weighted by Gasteiger charge is -2.30. The molecule has 0 spiro atoms. The molecule has 38 heavy (non-hydrogen) atoms. The van der Waals surface area contributed by atoms with E-state index in [1.807, 2.05) is 50.2 Å². The molecule has 0 saturated carbocycles. The molecule has 3 aromatic rings. The molecule has 0 saturated heterocycles. The minimum absolute atomic E-state index is 0.256. The Labute approximate surface area is 223 Å². The summed E-state index contributed by atoms with van der Waals surface area (Å²) < 4.78 is 10.5. The van der Waals surface area contributed by atoms with Crippen molar-refractivity contribution >= 4 is 18.0 Å². The molecule has 0 heterocycles. The fourth-order valence-electron chi connectivity index (χ4n) is 4.30. The molecular weight excluding hydrogens is 482 g/mol. The molecule has 0 aliphatic rings. The van der Waals surface area contributed by atoms with E-state index in [-0.39, 0.29) is 12.3 Å². The third-order valence-electron chi connectivity index (χ3n) is 6.43. The fourth-order valence-corrected chi connectivity index (χ4v) is 4.30. The molecule has 0 aliphatic heterocycles. The van der Waals surface area contributed by atoms with Gasteiger partial charge >= 0.3 is 6.16 Å². The molecule has 0 aliphatic carbocycles. The van der Waals surface area contributed by atoms with Crippen LogP contribution in [0.3, 0.4) is 0 Å². The Hall–Kier alpha value is -4.17. The van der Waals surface area contributed by atoms with E-state index in [0.717, 1.165) is 28.7 Å². The van der Waals surface area contributed by atoms with Crippen LogP contribution in [0.25, 0.3) is 0 Å². The number of carbonyl (C=O) groups is 3. The second kappa shape index (κ2) is 13.4. The van der Waals surface area contributed by atoms with Crippen LogP contribution in [0.15, 0.2) is 72.8 Å². The largest absolute Gasteiger partial charge is 0.519 e. The highest BCUT2D eigenvalue weighted by Crippen LogP contribution is 2.24. The zero-order chi connectivity index (χ0) is 27.7. The average Bonchev–Trinajstić information content (AvgIpc) is 2.89. The molecule has 200 valence electrons. The van der Waals surface area contributed by atoms with Crippen LogP contribution in [-0.2, 0) is 22.4 Å². The van der Waals surface area contributed by atoms with E-state index < -0.39 is 24.1 Å².